The summed E-state index contributed by atoms with van der Waals surface area (Å²) in [5.41, 5.74) is 1.95. The van der Waals surface area contributed by atoms with Gasteiger partial charge in [-0.3, -0.25) is 14.3 Å². The van der Waals surface area contributed by atoms with Gasteiger partial charge in [0.15, 0.2) is 5.82 Å². The van der Waals surface area contributed by atoms with Crippen molar-refractivity contribution in [2.24, 2.45) is 0 Å². The van der Waals surface area contributed by atoms with Gasteiger partial charge in [0.25, 0.3) is 0 Å². The molecule has 0 saturated carbocycles. The van der Waals surface area contributed by atoms with Crippen LogP contribution in [0, 0.1) is 5.82 Å². The van der Waals surface area contributed by atoms with E-state index in [4.69, 9.17) is 14.7 Å². The third kappa shape index (κ3) is 4.31. The number of pyridine rings is 1. The molecule has 4 aromatic rings. The molecule has 2 bridgehead atoms. The molecular formula is C33H36F2N6O. The molecule has 7 nitrogen and oxygen atoms in total. The van der Waals surface area contributed by atoms with Gasteiger partial charge < -0.3 is 15.0 Å². The minimum Gasteiger partial charge on any atom is -0.461 e. The lowest BCUT2D eigenvalue weighted by Crippen LogP contribution is -2.51. The fourth-order valence-electron chi connectivity index (χ4n) is 8.07. The molecule has 0 radical (unpaired) electrons. The van der Waals surface area contributed by atoms with Crippen LogP contribution >= 0.6 is 0 Å². The highest BCUT2D eigenvalue weighted by Gasteiger charge is 2.45. The molecule has 1 N–H and O–H groups in total. The van der Waals surface area contributed by atoms with E-state index in [0.29, 0.717) is 35.5 Å². The van der Waals surface area contributed by atoms with Crippen LogP contribution < -0.4 is 15.0 Å². The summed E-state index contributed by atoms with van der Waals surface area (Å²) in [6.45, 7) is 3.86. The molecule has 2 atom stereocenters. The largest absolute Gasteiger partial charge is 0.461 e. The van der Waals surface area contributed by atoms with Crippen LogP contribution in [0.5, 0.6) is 6.01 Å². The maximum atomic E-state index is 16.7. The van der Waals surface area contributed by atoms with E-state index >= 15 is 4.39 Å². The normalized spacial score (nSPS) is 23.2. The van der Waals surface area contributed by atoms with E-state index in [1.54, 1.807) is 6.20 Å². The van der Waals surface area contributed by atoms with Gasteiger partial charge >= 0.3 is 6.01 Å². The van der Waals surface area contributed by atoms with Crippen molar-refractivity contribution in [3.63, 3.8) is 0 Å². The van der Waals surface area contributed by atoms with Gasteiger partial charge in [-0.15, -0.1) is 0 Å². The monoisotopic (exact) mass is 570 g/mol. The van der Waals surface area contributed by atoms with Crippen LogP contribution in [0.25, 0.3) is 32.9 Å². The van der Waals surface area contributed by atoms with E-state index in [1.165, 1.54) is 12.8 Å². The number of hydrogen-bond acceptors (Lipinski definition) is 7. The fourth-order valence-corrected chi connectivity index (χ4v) is 8.07. The van der Waals surface area contributed by atoms with Gasteiger partial charge in [0.1, 0.15) is 23.6 Å². The van der Waals surface area contributed by atoms with Crippen molar-refractivity contribution in [1.29, 1.82) is 0 Å². The summed E-state index contributed by atoms with van der Waals surface area (Å²) in [6.07, 6.45) is 8.81. The van der Waals surface area contributed by atoms with Gasteiger partial charge in [0, 0.05) is 43.4 Å². The molecule has 42 heavy (non-hydrogen) atoms. The number of nitrogens with zero attached hydrogens (tertiary/aromatic N) is 5. The molecule has 6 heterocycles. The van der Waals surface area contributed by atoms with E-state index in [9.17, 15) is 4.39 Å². The van der Waals surface area contributed by atoms with Gasteiger partial charge in [-0.25, -0.2) is 4.39 Å². The minimum atomic E-state index is -0.497. The van der Waals surface area contributed by atoms with E-state index in [0.717, 1.165) is 68.2 Å². The number of rotatable bonds is 7. The number of alkyl halides is 1. The maximum Gasteiger partial charge on any atom is 0.319 e. The number of piperazine rings is 1. The average molecular weight is 571 g/mol. The smallest absolute Gasteiger partial charge is 0.319 e. The molecule has 218 valence electrons. The molecule has 0 aliphatic carbocycles. The average Bonchev–Trinajstić information content (AvgIpc) is 3.69. The molecule has 2 aromatic heterocycles. The maximum absolute atomic E-state index is 16.7. The summed E-state index contributed by atoms with van der Waals surface area (Å²) in [5, 5.41) is 6.03. The lowest BCUT2D eigenvalue weighted by atomic mass is 9.95. The second-order valence-corrected chi connectivity index (χ2v) is 12.5. The quantitative estimate of drug-likeness (QED) is 0.317. The van der Waals surface area contributed by atoms with Crippen molar-refractivity contribution in [2.75, 3.05) is 44.4 Å². The zero-order valence-corrected chi connectivity index (χ0v) is 23.8. The number of aromatic nitrogens is 3. The van der Waals surface area contributed by atoms with Gasteiger partial charge in [-0.05, 0) is 68.0 Å². The van der Waals surface area contributed by atoms with Gasteiger partial charge in [-0.1, -0.05) is 36.4 Å². The third-order valence-corrected chi connectivity index (χ3v) is 10.1. The lowest BCUT2D eigenvalue weighted by Gasteiger charge is -2.34. The summed E-state index contributed by atoms with van der Waals surface area (Å²) >= 11 is 0. The van der Waals surface area contributed by atoms with Crippen molar-refractivity contribution in [2.45, 2.75) is 62.6 Å². The van der Waals surface area contributed by atoms with Gasteiger partial charge in [-0.2, -0.15) is 9.97 Å². The molecule has 0 spiro atoms. The fraction of sp³-hybridized carbons (Fsp3) is 0.485. The molecule has 4 fully saturated rings. The Balaban J connectivity index is 1.25. The van der Waals surface area contributed by atoms with Crippen molar-refractivity contribution < 1.29 is 13.5 Å². The Hall–Kier alpha value is -3.43. The second kappa shape index (κ2) is 10.4. The predicted octanol–water partition coefficient (Wildman–Crippen LogP) is 5.44. The van der Waals surface area contributed by atoms with Crippen LogP contribution in [0.4, 0.5) is 14.6 Å². The van der Waals surface area contributed by atoms with Crippen LogP contribution in [-0.2, 0) is 6.42 Å². The van der Waals surface area contributed by atoms with Crippen LogP contribution in [0.2, 0.25) is 0 Å². The zero-order chi connectivity index (χ0) is 28.3. The molecule has 9 heteroatoms. The van der Waals surface area contributed by atoms with Crippen LogP contribution in [0.1, 0.15) is 44.1 Å². The standard InChI is InChI=1S/C33H36F2N6O/c34-14-11-22-6-1-5-21-7-2-8-25(27(21)22)29-28(35)30-26(17-36-29)31(40-18-23-9-10-24(19-40)37-23)39-32(38-30)42-20-33-12-3-15-41(33)16-4-13-33/h1-2,5-8,17,23-24,37H,3-4,9-16,18-20H2. The highest BCUT2D eigenvalue weighted by Crippen LogP contribution is 2.40. The highest BCUT2D eigenvalue weighted by atomic mass is 19.1. The first kappa shape index (κ1) is 26.2. The summed E-state index contributed by atoms with van der Waals surface area (Å²) < 4.78 is 36.6. The Kier molecular flexibility index (Phi) is 6.48. The van der Waals surface area contributed by atoms with Crippen molar-refractivity contribution in [3.8, 4) is 17.3 Å². The molecule has 8 rings (SSSR count). The second-order valence-electron chi connectivity index (χ2n) is 12.5. The van der Waals surface area contributed by atoms with Crippen LogP contribution in [0.3, 0.4) is 0 Å². The summed E-state index contributed by atoms with van der Waals surface area (Å²) in [6, 6.07) is 12.5. The Morgan fingerprint density at radius 1 is 1.00 bits per heavy atom. The van der Waals surface area contributed by atoms with Crippen LogP contribution in [0.15, 0.2) is 42.6 Å². The number of nitrogens with one attached hydrogen (secondary N) is 1. The van der Waals surface area contributed by atoms with E-state index in [-0.39, 0.29) is 29.2 Å². The zero-order valence-electron chi connectivity index (χ0n) is 23.8. The SMILES string of the molecule is FCCc1cccc2cccc(-c3ncc4c(N5CC6CCC(C5)N6)nc(OCC56CCCN5CCC6)nc4c3F)c12. The molecule has 2 aromatic carbocycles. The first-order valence-electron chi connectivity index (χ1n) is 15.4. The number of halogens is 2. The predicted molar refractivity (Wildman–Crippen MR) is 160 cm³/mol. The molecule has 2 unspecified atom stereocenters. The molecular weight excluding hydrogens is 534 g/mol. The van der Waals surface area contributed by atoms with Crippen molar-refractivity contribution in [1.82, 2.24) is 25.2 Å². The topological polar surface area (TPSA) is 66.4 Å². The summed E-state index contributed by atoms with van der Waals surface area (Å²) in [5.74, 6) is 0.192. The first-order chi connectivity index (χ1) is 20.6. The molecule has 4 aliphatic rings. The molecule has 4 aliphatic heterocycles. The Morgan fingerprint density at radius 2 is 1.76 bits per heavy atom. The number of ether oxygens (including phenoxy) is 1. The van der Waals surface area contributed by atoms with E-state index < -0.39 is 12.5 Å². The summed E-state index contributed by atoms with van der Waals surface area (Å²) in [7, 11) is 0. The Bertz CT molecular complexity index is 1640. The van der Waals surface area contributed by atoms with Crippen molar-refractivity contribution >= 4 is 27.5 Å². The molecule has 4 saturated heterocycles. The Morgan fingerprint density at radius 3 is 2.52 bits per heavy atom. The van der Waals surface area contributed by atoms with Crippen molar-refractivity contribution in [3.05, 3.63) is 54.0 Å². The number of benzene rings is 2. The first-order valence-corrected chi connectivity index (χ1v) is 15.4. The lowest BCUT2D eigenvalue weighted by molar-refractivity contribution is 0.108. The molecule has 0 amide bonds. The third-order valence-electron chi connectivity index (χ3n) is 10.1. The van der Waals surface area contributed by atoms with Gasteiger partial charge in [0.2, 0.25) is 0 Å². The van der Waals surface area contributed by atoms with Crippen LogP contribution in [-0.4, -0.2) is 76.9 Å². The number of fused-ring (bicyclic) bond motifs is 5. The van der Waals surface area contributed by atoms with E-state index in [1.807, 2.05) is 36.4 Å². The minimum absolute atomic E-state index is 0.0321. The number of anilines is 1. The number of aryl methyl sites for hydroxylation is 1. The van der Waals surface area contributed by atoms with Gasteiger partial charge in [0.05, 0.1) is 17.6 Å². The summed E-state index contributed by atoms with van der Waals surface area (Å²) in [4.78, 5) is 19.1. The van der Waals surface area contributed by atoms with E-state index in [2.05, 4.69) is 20.1 Å². The Labute approximate surface area is 244 Å². The number of hydrogen-bond donors (Lipinski definition) is 1. The highest BCUT2D eigenvalue weighted by molar-refractivity contribution is 6.00.